The van der Waals surface area contributed by atoms with Gasteiger partial charge in [0, 0.05) is 11.5 Å². The molecule has 1 aliphatic heterocycles. The number of anilines is 1. The van der Waals surface area contributed by atoms with Gasteiger partial charge in [-0.05, 0) is 41.8 Å². The zero-order valence-electron chi connectivity index (χ0n) is 15.9. The normalized spacial score (nSPS) is 15.2. The lowest BCUT2D eigenvalue weighted by atomic mass is 10.0. The average Bonchev–Trinajstić information content (AvgIpc) is 3.11. The molecule has 2 aromatic heterocycles. The van der Waals surface area contributed by atoms with Gasteiger partial charge in [0.05, 0.1) is 17.1 Å². The Balaban J connectivity index is 2.06. The Hall–Kier alpha value is -2.45. The van der Waals surface area contributed by atoms with Crippen molar-refractivity contribution in [3.63, 3.8) is 0 Å². The molecule has 1 aliphatic rings. The molecule has 0 fully saturated rings. The third-order valence-electron chi connectivity index (χ3n) is 4.70. The molecule has 28 heavy (non-hydrogen) atoms. The van der Waals surface area contributed by atoms with Gasteiger partial charge in [0.15, 0.2) is 0 Å². The molecule has 3 heterocycles. The van der Waals surface area contributed by atoms with Crippen LogP contribution >= 0.6 is 23.1 Å². The van der Waals surface area contributed by atoms with E-state index < -0.39 is 6.17 Å². The minimum atomic E-state index is -0.496. The highest BCUT2D eigenvalue weighted by Crippen LogP contribution is 2.42. The molecule has 0 saturated carbocycles. The molecular formula is C20H20N4O2S2. The van der Waals surface area contributed by atoms with Gasteiger partial charge in [-0.15, -0.1) is 11.3 Å². The summed E-state index contributed by atoms with van der Waals surface area (Å²) >= 11 is 2.99. The van der Waals surface area contributed by atoms with Crippen molar-refractivity contribution in [1.82, 2.24) is 10.1 Å². The first-order valence-electron chi connectivity index (χ1n) is 9.15. The summed E-state index contributed by atoms with van der Waals surface area (Å²) in [6, 6.07) is 9.51. The van der Waals surface area contributed by atoms with E-state index in [-0.39, 0.29) is 11.8 Å². The van der Waals surface area contributed by atoms with Crippen molar-refractivity contribution in [2.45, 2.75) is 38.5 Å². The summed E-state index contributed by atoms with van der Waals surface area (Å²) in [5, 5.41) is 20.1. The lowest BCUT2D eigenvalue weighted by molar-refractivity contribution is -0.763. The maximum atomic E-state index is 13.0. The molecule has 0 spiro atoms. The van der Waals surface area contributed by atoms with Gasteiger partial charge in [0.2, 0.25) is 5.91 Å². The Labute approximate surface area is 171 Å². The van der Waals surface area contributed by atoms with Crippen LogP contribution in [0.4, 0.5) is 5.69 Å². The summed E-state index contributed by atoms with van der Waals surface area (Å²) in [5.41, 5.74) is 2.91. The van der Waals surface area contributed by atoms with Crippen molar-refractivity contribution >= 4 is 34.7 Å². The topological polar surface area (TPSA) is 73.0 Å². The van der Waals surface area contributed by atoms with Crippen LogP contribution in [0.2, 0.25) is 0 Å². The predicted molar refractivity (Wildman–Crippen MR) is 108 cm³/mol. The van der Waals surface area contributed by atoms with E-state index in [1.165, 1.54) is 11.8 Å². The van der Waals surface area contributed by atoms with Crippen molar-refractivity contribution in [2.24, 2.45) is 0 Å². The number of carbonyl (C=O) groups excluding carboxylic acids is 1. The number of fused-ring (bicyclic) bond motifs is 3. The number of thiophene rings is 1. The van der Waals surface area contributed by atoms with Gasteiger partial charge in [-0.1, -0.05) is 42.4 Å². The number of thioether (sulfide) groups is 1. The van der Waals surface area contributed by atoms with Crippen molar-refractivity contribution in [1.29, 1.82) is 0 Å². The number of hydrogen-bond acceptors (Lipinski definition) is 6. The fourth-order valence-electron chi connectivity index (χ4n) is 3.45. The zero-order chi connectivity index (χ0) is 19.8. The number of benzene rings is 1. The third-order valence-corrected chi connectivity index (χ3v) is 6.48. The molecule has 144 valence electrons. The van der Waals surface area contributed by atoms with E-state index in [2.05, 4.69) is 10.1 Å². The van der Waals surface area contributed by atoms with E-state index in [4.69, 9.17) is 0 Å². The molecule has 1 unspecified atom stereocenters. The number of rotatable bonds is 4. The van der Waals surface area contributed by atoms with Gasteiger partial charge in [-0.3, -0.25) is 4.79 Å². The van der Waals surface area contributed by atoms with Gasteiger partial charge >= 0.3 is 6.17 Å². The van der Waals surface area contributed by atoms with Crippen molar-refractivity contribution in [3.8, 4) is 17.1 Å². The zero-order valence-corrected chi connectivity index (χ0v) is 17.5. The van der Waals surface area contributed by atoms with Crippen LogP contribution in [0.1, 0.15) is 36.9 Å². The summed E-state index contributed by atoms with van der Waals surface area (Å²) in [5.74, 6) is 0.427. The number of carbonyl (C=O) groups is 1. The molecule has 3 aromatic rings. The quantitative estimate of drug-likeness (QED) is 0.486. The van der Waals surface area contributed by atoms with Crippen LogP contribution in [-0.2, 0) is 4.79 Å². The molecule has 1 amide bonds. The molecule has 0 saturated heterocycles. The van der Waals surface area contributed by atoms with Crippen LogP contribution in [-0.4, -0.2) is 21.7 Å². The standard InChI is InChI=1S/C20H20N4O2S2/c1-4-15(25)23-14-9-7-6-8-13(14)16-18(26)21-20(27-5-2)22-24(16)19(23)17-12(3)10-11-28-17/h6-11,19H,4-5H2,1-3H3. The summed E-state index contributed by atoms with van der Waals surface area (Å²) in [4.78, 5) is 20.0. The molecule has 1 atom stereocenters. The largest absolute Gasteiger partial charge is 0.854 e. The van der Waals surface area contributed by atoms with E-state index in [9.17, 15) is 9.90 Å². The van der Waals surface area contributed by atoms with Crippen LogP contribution in [0.15, 0.2) is 40.9 Å². The van der Waals surface area contributed by atoms with Gasteiger partial charge in [-0.2, -0.15) is 0 Å². The van der Waals surface area contributed by atoms with E-state index in [0.29, 0.717) is 22.8 Å². The second-order valence-electron chi connectivity index (χ2n) is 6.40. The van der Waals surface area contributed by atoms with Crippen LogP contribution < -0.4 is 14.7 Å². The Morgan fingerprint density at radius 1 is 1.32 bits per heavy atom. The Bertz CT molecular complexity index is 1050. The summed E-state index contributed by atoms with van der Waals surface area (Å²) in [6.07, 6.45) is -0.138. The molecule has 1 aromatic carbocycles. The molecule has 0 N–H and O–H groups in total. The summed E-state index contributed by atoms with van der Waals surface area (Å²) < 4.78 is 1.70. The first-order chi connectivity index (χ1) is 13.6. The number of aromatic nitrogens is 3. The van der Waals surface area contributed by atoms with Crippen molar-refractivity contribution < 1.29 is 14.6 Å². The number of para-hydroxylation sites is 1. The van der Waals surface area contributed by atoms with Gasteiger partial charge in [0.25, 0.3) is 10.9 Å². The monoisotopic (exact) mass is 412 g/mol. The Morgan fingerprint density at radius 2 is 2.11 bits per heavy atom. The molecule has 0 aliphatic carbocycles. The van der Waals surface area contributed by atoms with Gasteiger partial charge in [0.1, 0.15) is 4.88 Å². The van der Waals surface area contributed by atoms with Gasteiger partial charge < -0.3 is 5.11 Å². The second-order valence-corrected chi connectivity index (χ2v) is 8.58. The molecular weight excluding hydrogens is 392 g/mol. The highest BCUT2D eigenvalue weighted by atomic mass is 32.2. The maximum Gasteiger partial charge on any atom is 0.302 e. The maximum absolute atomic E-state index is 13.0. The Morgan fingerprint density at radius 3 is 2.79 bits per heavy atom. The number of hydrogen-bond donors (Lipinski definition) is 0. The minimum absolute atomic E-state index is 0.0147. The summed E-state index contributed by atoms with van der Waals surface area (Å²) in [7, 11) is 0. The highest BCUT2D eigenvalue weighted by molar-refractivity contribution is 7.99. The van der Waals surface area contributed by atoms with Crippen molar-refractivity contribution in [2.75, 3.05) is 10.7 Å². The second kappa shape index (κ2) is 7.52. The lowest BCUT2D eigenvalue weighted by Gasteiger charge is -2.33. The summed E-state index contributed by atoms with van der Waals surface area (Å²) in [6.45, 7) is 5.86. The predicted octanol–water partition coefficient (Wildman–Crippen LogP) is 3.29. The molecule has 8 heteroatoms. The van der Waals surface area contributed by atoms with E-state index >= 15 is 0 Å². The Kier molecular flexibility index (Phi) is 5.07. The van der Waals surface area contributed by atoms with Crippen LogP contribution in [0.5, 0.6) is 5.88 Å². The fraction of sp³-hybridized carbons (Fsp3) is 0.300. The van der Waals surface area contributed by atoms with Gasteiger partial charge in [-0.25, -0.2) is 9.88 Å². The average molecular weight is 413 g/mol. The number of aryl methyl sites for hydroxylation is 1. The smallest absolute Gasteiger partial charge is 0.302 e. The van der Waals surface area contributed by atoms with E-state index in [0.717, 1.165) is 21.9 Å². The molecule has 0 bridgehead atoms. The SMILES string of the molecule is CCSc1nc([O-])c2[n+](n1)C(c1sccc1C)N(C(=O)CC)c1ccccc1-2. The number of nitrogens with zero attached hydrogens (tertiary/aromatic N) is 4. The lowest BCUT2D eigenvalue weighted by Crippen LogP contribution is -2.59. The molecule has 6 nitrogen and oxygen atoms in total. The molecule has 0 radical (unpaired) electrons. The minimum Gasteiger partial charge on any atom is -0.854 e. The van der Waals surface area contributed by atoms with Crippen molar-refractivity contribution in [3.05, 3.63) is 46.2 Å². The molecule has 4 rings (SSSR count). The van der Waals surface area contributed by atoms with Crippen LogP contribution in [0.25, 0.3) is 11.3 Å². The third kappa shape index (κ3) is 2.97. The first-order valence-corrected chi connectivity index (χ1v) is 11.0. The van der Waals surface area contributed by atoms with E-state index in [1.807, 2.05) is 56.5 Å². The fourth-order valence-corrected chi connectivity index (χ4v) is 5.00. The highest BCUT2D eigenvalue weighted by Gasteiger charge is 2.45. The first kappa shape index (κ1) is 18.9. The van der Waals surface area contributed by atoms with Crippen LogP contribution in [0, 0.1) is 6.92 Å². The van der Waals surface area contributed by atoms with Crippen LogP contribution in [0.3, 0.4) is 0 Å². The van der Waals surface area contributed by atoms with E-state index in [1.54, 1.807) is 20.9 Å². The number of amides is 1.